The number of aliphatic hydroxyl groups is 1. The average molecular weight is 314 g/mol. The van der Waals surface area contributed by atoms with Gasteiger partial charge in [0.1, 0.15) is 0 Å². The first-order valence-electron chi connectivity index (χ1n) is 8.04. The summed E-state index contributed by atoms with van der Waals surface area (Å²) in [5.74, 6) is 0. The number of para-hydroxylation sites is 1. The maximum Gasteiger partial charge on any atom is 0.315 e. The van der Waals surface area contributed by atoms with E-state index in [2.05, 4.69) is 15.7 Å². The SMILES string of the molecule is O=C(NCc1cnn(-c2ccccc2)c1)NC1CCCCC1O. The van der Waals surface area contributed by atoms with E-state index >= 15 is 0 Å². The van der Waals surface area contributed by atoms with Crippen LogP contribution in [0.4, 0.5) is 4.79 Å². The van der Waals surface area contributed by atoms with Crippen molar-refractivity contribution in [3.05, 3.63) is 48.3 Å². The number of nitrogens with one attached hydrogen (secondary N) is 2. The first-order valence-corrected chi connectivity index (χ1v) is 8.04. The van der Waals surface area contributed by atoms with Gasteiger partial charge in [-0.25, -0.2) is 9.48 Å². The zero-order chi connectivity index (χ0) is 16.1. The summed E-state index contributed by atoms with van der Waals surface area (Å²) in [7, 11) is 0. The van der Waals surface area contributed by atoms with E-state index < -0.39 is 6.10 Å². The Kier molecular flexibility index (Phi) is 4.92. The van der Waals surface area contributed by atoms with Crippen molar-refractivity contribution >= 4 is 6.03 Å². The molecule has 2 aromatic rings. The normalized spacial score (nSPS) is 20.9. The van der Waals surface area contributed by atoms with Crippen LogP contribution in [0.15, 0.2) is 42.7 Å². The van der Waals surface area contributed by atoms with Crippen LogP contribution in [0.1, 0.15) is 31.2 Å². The number of rotatable bonds is 4. The molecule has 122 valence electrons. The van der Waals surface area contributed by atoms with Crippen molar-refractivity contribution in [2.75, 3.05) is 0 Å². The predicted molar refractivity (Wildman–Crippen MR) is 87.2 cm³/mol. The summed E-state index contributed by atoms with van der Waals surface area (Å²) in [6.45, 7) is 0.404. The second-order valence-electron chi connectivity index (χ2n) is 5.91. The minimum Gasteiger partial charge on any atom is -0.391 e. The van der Waals surface area contributed by atoms with Gasteiger partial charge in [-0.1, -0.05) is 31.0 Å². The minimum atomic E-state index is -0.435. The summed E-state index contributed by atoms with van der Waals surface area (Å²) >= 11 is 0. The molecule has 0 aliphatic heterocycles. The molecule has 0 bridgehead atoms. The molecule has 2 unspecified atom stereocenters. The Balaban J connectivity index is 1.50. The standard InChI is InChI=1S/C17H22N4O2/c22-16-9-5-4-8-15(16)20-17(23)18-10-13-11-19-21(12-13)14-6-2-1-3-7-14/h1-3,6-7,11-12,15-16,22H,4-5,8-10H2,(H2,18,20,23). The number of nitrogens with zero attached hydrogens (tertiary/aromatic N) is 2. The number of carbonyl (C=O) groups is 1. The molecule has 0 spiro atoms. The molecule has 23 heavy (non-hydrogen) atoms. The molecule has 3 N–H and O–H groups in total. The zero-order valence-corrected chi connectivity index (χ0v) is 13.0. The van der Waals surface area contributed by atoms with Crippen LogP contribution in [0.25, 0.3) is 5.69 Å². The van der Waals surface area contributed by atoms with Gasteiger partial charge in [-0.3, -0.25) is 0 Å². The van der Waals surface area contributed by atoms with Gasteiger partial charge in [-0.05, 0) is 25.0 Å². The molecule has 1 saturated carbocycles. The van der Waals surface area contributed by atoms with E-state index in [9.17, 15) is 9.90 Å². The first kappa shape index (κ1) is 15.6. The summed E-state index contributed by atoms with van der Waals surface area (Å²) in [6.07, 6.45) is 6.87. The van der Waals surface area contributed by atoms with Gasteiger partial charge in [-0.15, -0.1) is 0 Å². The van der Waals surface area contributed by atoms with Crippen molar-refractivity contribution in [2.24, 2.45) is 0 Å². The summed E-state index contributed by atoms with van der Waals surface area (Å²) in [5.41, 5.74) is 1.90. The van der Waals surface area contributed by atoms with Gasteiger partial charge in [0.15, 0.2) is 0 Å². The molecule has 6 nitrogen and oxygen atoms in total. The Labute approximate surface area is 135 Å². The fourth-order valence-electron chi connectivity index (χ4n) is 2.85. The van der Waals surface area contributed by atoms with Gasteiger partial charge in [0.2, 0.25) is 0 Å². The first-order chi connectivity index (χ1) is 11.2. The maximum atomic E-state index is 11.9. The third-order valence-corrected chi connectivity index (χ3v) is 4.16. The number of benzene rings is 1. The number of aromatic nitrogens is 2. The summed E-state index contributed by atoms with van der Waals surface area (Å²) in [5, 5.41) is 19.8. The van der Waals surface area contributed by atoms with E-state index in [0.29, 0.717) is 6.54 Å². The van der Waals surface area contributed by atoms with Crippen LogP contribution < -0.4 is 10.6 Å². The van der Waals surface area contributed by atoms with Gasteiger partial charge in [0.05, 0.1) is 24.0 Å². The number of hydrogen-bond donors (Lipinski definition) is 3. The number of carbonyl (C=O) groups excluding carboxylic acids is 1. The lowest BCUT2D eigenvalue weighted by Gasteiger charge is -2.28. The lowest BCUT2D eigenvalue weighted by Crippen LogP contribution is -2.48. The number of urea groups is 1. The zero-order valence-electron chi connectivity index (χ0n) is 13.0. The number of hydrogen-bond acceptors (Lipinski definition) is 3. The second kappa shape index (κ2) is 7.28. The topological polar surface area (TPSA) is 79.2 Å². The van der Waals surface area contributed by atoms with Crippen LogP contribution in [0.3, 0.4) is 0 Å². The van der Waals surface area contributed by atoms with Crippen LogP contribution in [-0.4, -0.2) is 33.1 Å². The fraction of sp³-hybridized carbons (Fsp3) is 0.412. The van der Waals surface area contributed by atoms with Crippen molar-refractivity contribution in [1.82, 2.24) is 20.4 Å². The van der Waals surface area contributed by atoms with Crippen LogP contribution in [-0.2, 0) is 6.54 Å². The van der Waals surface area contributed by atoms with Gasteiger partial charge in [0, 0.05) is 18.3 Å². The van der Waals surface area contributed by atoms with Crippen molar-refractivity contribution in [2.45, 2.75) is 44.4 Å². The highest BCUT2D eigenvalue weighted by atomic mass is 16.3. The Morgan fingerprint density at radius 1 is 1.26 bits per heavy atom. The quantitative estimate of drug-likeness (QED) is 0.807. The van der Waals surface area contributed by atoms with E-state index in [1.165, 1.54) is 0 Å². The van der Waals surface area contributed by atoms with E-state index in [-0.39, 0.29) is 12.1 Å². The predicted octanol–water partition coefficient (Wildman–Crippen LogP) is 1.98. The van der Waals surface area contributed by atoms with Crippen molar-refractivity contribution in [3.8, 4) is 5.69 Å². The summed E-state index contributed by atoms with van der Waals surface area (Å²) in [4.78, 5) is 11.9. The van der Waals surface area contributed by atoms with Crippen LogP contribution >= 0.6 is 0 Å². The van der Waals surface area contributed by atoms with Gasteiger partial charge >= 0.3 is 6.03 Å². The minimum absolute atomic E-state index is 0.143. The molecule has 1 heterocycles. The molecule has 2 atom stereocenters. The average Bonchev–Trinajstić information content (AvgIpc) is 3.05. The number of aliphatic hydroxyl groups excluding tert-OH is 1. The van der Waals surface area contributed by atoms with Gasteiger partial charge < -0.3 is 15.7 Å². The van der Waals surface area contributed by atoms with E-state index in [1.54, 1.807) is 10.9 Å². The Morgan fingerprint density at radius 3 is 2.83 bits per heavy atom. The molecule has 1 fully saturated rings. The Bertz CT molecular complexity index is 641. The van der Waals surface area contributed by atoms with Gasteiger partial charge in [0.25, 0.3) is 0 Å². The van der Waals surface area contributed by atoms with E-state index in [1.807, 2.05) is 36.5 Å². The lowest BCUT2D eigenvalue weighted by molar-refractivity contribution is 0.0943. The van der Waals surface area contributed by atoms with Crippen molar-refractivity contribution in [3.63, 3.8) is 0 Å². The molecule has 1 aromatic carbocycles. The lowest BCUT2D eigenvalue weighted by atomic mass is 9.93. The largest absolute Gasteiger partial charge is 0.391 e. The van der Waals surface area contributed by atoms with Crippen molar-refractivity contribution < 1.29 is 9.90 Å². The molecular weight excluding hydrogens is 292 g/mol. The summed E-state index contributed by atoms with van der Waals surface area (Å²) in [6, 6.07) is 9.43. The molecule has 6 heteroatoms. The van der Waals surface area contributed by atoms with Crippen molar-refractivity contribution in [1.29, 1.82) is 0 Å². The van der Waals surface area contributed by atoms with E-state index in [4.69, 9.17) is 0 Å². The molecule has 1 aliphatic rings. The highest BCUT2D eigenvalue weighted by molar-refractivity contribution is 5.74. The molecule has 2 amide bonds. The molecule has 1 aliphatic carbocycles. The van der Waals surface area contributed by atoms with Crippen LogP contribution in [0.2, 0.25) is 0 Å². The molecule has 3 rings (SSSR count). The fourth-order valence-corrected chi connectivity index (χ4v) is 2.85. The molecule has 0 radical (unpaired) electrons. The smallest absolute Gasteiger partial charge is 0.315 e. The highest BCUT2D eigenvalue weighted by Gasteiger charge is 2.24. The third kappa shape index (κ3) is 4.10. The van der Waals surface area contributed by atoms with E-state index in [0.717, 1.165) is 36.9 Å². The second-order valence-corrected chi connectivity index (χ2v) is 5.91. The number of amides is 2. The highest BCUT2D eigenvalue weighted by Crippen LogP contribution is 2.18. The monoisotopic (exact) mass is 314 g/mol. The molecule has 0 saturated heterocycles. The maximum absolute atomic E-state index is 11.9. The Morgan fingerprint density at radius 2 is 2.04 bits per heavy atom. The van der Waals surface area contributed by atoms with Crippen LogP contribution in [0, 0.1) is 0 Å². The Hall–Kier alpha value is -2.34. The summed E-state index contributed by atoms with van der Waals surface area (Å²) < 4.78 is 1.78. The molecule has 1 aromatic heterocycles. The van der Waals surface area contributed by atoms with Crippen LogP contribution in [0.5, 0.6) is 0 Å². The molecular formula is C17H22N4O2. The van der Waals surface area contributed by atoms with Gasteiger partial charge in [-0.2, -0.15) is 5.10 Å². The third-order valence-electron chi connectivity index (χ3n) is 4.16.